The number of ether oxygens (including phenoxy) is 6. The molecule has 0 aromatic heterocycles. The van der Waals surface area contributed by atoms with E-state index in [0.717, 1.165) is 11.3 Å². The largest absolute Gasteiger partial charge is 0.460 e. The standard InChI is InChI=1S/C13H25NO5.C12H20O3.C11H20O4/c1-13(2,3)19-11(15)9-10(7-8-17-5)12(16)14(4)18-6;1-6-10(7-8-14-5)9-11(13)15-12(2,3)4;1-11(2,3)15-10(13)7-9(8-12)5-6-14-4/h10H,7-9H2,1-6H3;1,10H,7-9H2,2-5H3;8-9H,5-7H2,1-4H3. The molecule has 0 rings (SSSR count). The topological polar surface area (TPSA) is 153 Å². The van der Waals surface area contributed by atoms with E-state index in [1.807, 2.05) is 20.8 Å². The Labute approximate surface area is 295 Å². The van der Waals surface area contributed by atoms with Gasteiger partial charge in [-0.15, -0.1) is 12.3 Å². The quantitative estimate of drug-likeness (QED) is 0.0623. The maximum absolute atomic E-state index is 12.0. The Morgan fingerprint density at radius 2 is 1.04 bits per heavy atom. The van der Waals surface area contributed by atoms with E-state index in [1.165, 1.54) is 14.2 Å². The molecule has 49 heavy (non-hydrogen) atoms. The Balaban J connectivity index is -0.000000655. The summed E-state index contributed by atoms with van der Waals surface area (Å²) >= 11 is 0. The van der Waals surface area contributed by atoms with Crippen LogP contribution < -0.4 is 0 Å². The van der Waals surface area contributed by atoms with E-state index in [2.05, 4.69) is 5.92 Å². The zero-order valence-electron chi connectivity index (χ0n) is 32.6. The Morgan fingerprint density at radius 1 is 0.653 bits per heavy atom. The highest BCUT2D eigenvalue weighted by Crippen LogP contribution is 2.17. The lowest BCUT2D eigenvalue weighted by molar-refractivity contribution is -0.177. The number of carbonyl (C=O) groups excluding carboxylic acids is 5. The molecule has 0 aliphatic heterocycles. The number of aldehydes is 1. The van der Waals surface area contributed by atoms with Gasteiger partial charge in [0.2, 0.25) is 5.91 Å². The lowest BCUT2D eigenvalue weighted by Gasteiger charge is -2.24. The van der Waals surface area contributed by atoms with E-state index >= 15 is 0 Å². The monoisotopic (exact) mass is 703 g/mol. The molecule has 0 aliphatic rings. The molecular weight excluding hydrogens is 638 g/mol. The Morgan fingerprint density at radius 3 is 1.41 bits per heavy atom. The summed E-state index contributed by atoms with van der Waals surface area (Å²) in [7, 11) is 7.64. The highest BCUT2D eigenvalue weighted by Gasteiger charge is 2.28. The number of methoxy groups -OCH3 is 3. The molecular formula is C36H65NO12. The molecule has 0 aromatic rings. The highest BCUT2D eigenvalue weighted by atomic mass is 16.7. The van der Waals surface area contributed by atoms with Crippen LogP contribution >= 0.6 is 0 Å². The molecule has 1 amide bonds. The number of amides is 1. The molecule has 0 N–H and O–H groups in total. The van der Waals surface area contributed by atoms with Crippen molar-refractivity contribution in [1.29, 1.82) is 0 Å². The van der Waals surface area contributed by atoms with Crippen LogP contribution in [0, 0.1) is 30.1 Å². The van der Waals surface area contributed by atoms with E-state index in [9.17, 15) is 24.0 Å². The van der Waals surface area contributed by atoms with Crippen molar-refractivity contribution in [2.75, 3.05) is 55.3 Å². The van der Waals surface area contributed by atoms with Crippen molar-refractivity contribution >= 4 is 30.1 Å². The molecule has 3 atom stereocenters. The molecule has 286 valence electrons. The van der Waals surface area contributed by atoms with E-state index < -0.39 is 28.7 Å². The number of carbonyl (C=O) groups is 5. The van der Waals surface area contributed by atoms with Gasteiger partial charge in [-0.05, 0) is 81.6 Å². The first-order valence-corrected chi connectivity index (χ1v) is 16.3. The summed E-state index contributed by atoms with van der Waals surface area (Å²) in [5, 5.41) is 1.12. The van der Waals surface area contributed by atoms with Crippen LogP contribution in [0.3, 0.4) is 0 Å². The average molecular weight is 704 g/mol. The maximum atomic E-state index is 12.0. The van der Waals surface area contributed by atoms with Crippen LogP contribution in [0.15, 0.2) is 0 Å². The van der Waals surface area contributed by atoms with Crippen LogP contribution in [0.2, 0.25) is 0 Å². The lowest BCUT2D eigenvalue weighted by Crippen LogP contribution is -2.35. The SMILES string of the molecule is C#CC(CCOC)CC(=O)OC(C)(C)C.COCCC(C=O)CC(=O)OC(C)(C)C.COCCC(CC(=O)OC(C)(C)C)C(=O)N(C)OC. The van der Waals surface area contributed by atoms with Gasteiger partial charge < -0.3 is 33.2 Å². The predicted octanol–water partition coefficient (Wildman–Crippen LogP) is 4.96. The molecule has 0 fully saturated rings. The number of hydroxylamine groups is 2. The minimum absolute atomic E-state index is 0.0210. The van der Waals surface area contributed by atoms with Gasteiger partial charge in [-0.1, -0.05) is 0 Å². The summed E-state index contributed by atoms with van der Waals surface area (Å²) in [4.78, 5) is 62.1. The van der Waals surface area contributed by atoms with Crippen molar-refractivity contribution in [3.63, 3.8) is 0 Å². The number of hydrogen-bond donors (Lipinski definition) is 0. The summed E-state index contributed by atoms with van der Waals surface area (Å²) in [6, 6.07) is 0. The van der Waals surface area contributed by atoms with E-state index in [0.29, 0.717) is 39.1 Å². The molecule has 0 saturated heterocycles. The van der Waals surface area contributed by atoms with Crippen molar-refractivity contribution < 1.29 is 57.2 Å². The summed E-state index contributed by atoms with van der Waals surface area (Å²) in [6.07, 6.45) is 8.19. The molecule has 0 saturated carbocycles. The summed E-state index contributed by atoms with van der Waals surface area (Å²) in [5.41, 5.74) is -1.50. The maximum Gasteiger partial charge on any atom is 0.307 e. The van der Waals surface area contributed by atoms with Crippen molar-refractivity contribution in [2.24, 2.45) is 17.8 Å². The van der Waals surface area contributed by atoms with Gasteiger partial charge in [-0.3, -0.25) is 24.0 Å². The van der Waals surface area contributed by atoms with E-state index in [1.54, 1.807) is 62.9 Å². The average Bonchev–Trinajstić information content (AvgIpc) is 2.96. The van der Waals surface area contributed by atoms with Gasteiger partial charge in [0.05, 0.1) is 32.3 Å². The number of hydrogen-bond acceptors (Lipinski definition) is 12. The second-order valence-electron chi connectivity index (χ2n) is 14.2. The first kappa shape index (κ1) is 50.3. The second-order valence-corrected chi connectivity index (χ2v) is 14.2. The fourth-order valence-corrected chi connectivity index (χ4v) is 3.68. The Bertz CT molecular complexity index is 986. The fourth-order valence-electron chi connectivity index (χ4n) is 3.68. The van der Waals surface area contributed by atoms with Crippen molar-refractivity contribution in [3.05, 3.63) is 0 Å². The molecule has 13 heteroatoms. The molecule has 0 aromatic carbocycles. The molecule has 0 bridgehead atoms. The van der Waals surface area contributed by atoms with Crippen LogP contribution in [-0.2, 0) is 57.2 Å². The minimum atomic E-state index is -0.556. The Hall–Kier alpha value is -3.05. The first-order valence-electron chi connectivity index (χ1n) is 16.3. The number of terminal acetylenes is 1. The number of esters is 3. The molecule has 0 radical (unpaired) electrons. The number of nitrogens with zero attached hydrogens (tertiary/aromatic N) is 1. The second kappa shape index (κ2) is 26.8. The lowest BCUT2D eigenvalue weighted by atomic mass is 10.0. The van der Waals surface area contributed by atoms with E-state index in [4.69, 9.17) is 39.7 Å². The highest BCUT2D eigenvalue weighted by molar-refractivity contribution is 5.83. The van der Waals surface area contributed by atoms with Gasteiger partial charge in [0.25, 0.3) is 0 Å². The van der Waals surface area contributed by atoms with Crippen molar-refractivity contribution in [1.82, 2.24) is 5.06 Å². The number of rotatable bonds is 18. The molecule has 0 aliphatic carbocycles. The van der Waals surface area contributed by atoms with E-state index in [-0.39, 0.29) is 48.9 Å². The predicted molar refractivity (Wildman–Crippen MR) is 186 cm³/mol. The van der Waals surface area contributed by atoms with Gasteiger partial charge in [-0.25, -0.2) is 5.06 Å². The van der Waals surface area contributed by atoms with Crippen LogP contribution in [0.5, 0.6) is 0 Å². The molecule has 0 heterocycles. The van der Waals surface area contributed by atoms with Crippen LogP contribution in [0.25, 0.3) is 0 Å². The third kappa shape index (κ3) is 33.2. The molecule has 3 unspecified atom stereocenters. The van der Waals surface area contributed by atoms with Gasteiger partial charge in [0.15, 0.2) is 0 Å². The fraction of sp³-hybridized carbons (Fsp3) is 0.806. The Kier molecular flexibility index (Phi) is 27.5. The normalized spacial score (nSPS) is 13.1. The smallest absolute Gasteiger partial charge is 0.307 e. The van der Waals surface area contributed by atoms with Crippen LogP contribution in [-0.4, -0.2) is 107 Å². The van der Waals surface area contributed by atoms with Crippen molar-refractivity contribution in [3.8, 4) is 12.3 Å². The van der Waals surface area contributed by atoms with Gasteiger partial charge >= 0.3 is 17.9 Å². The zero-order valence-corrected chi connectivity index (χ0v) is 32.6. The van der Waals surface area contributed by atoms with Gasteiger partial charge in [0.1, 0.15) is 23.1 Å². The zero-order chi connectivity index (χ0) is 38.8. The minimum Gasteiger partial charge on any atom is -0.460 e. The van der Waals surface area contributed by atoms with Crippen LogP contribution in [0.1, 0.15) is 101 Å². The van der Waals surface area contributed by atoms with Gasteiger partial charge in [0, 0.05) is 60.0 Å². The van der Waals surface area contributed by atoms with Crippen LogP contribution in [0.4, 0.5) is 0 Å². The molecule has 0 spiro atoms. The van der Waals surface area contributed by atoms with Crippen molar-refractivity contribution in [2.45, 2.75) is 118 Å². The van der Waals surface area contributed by atoms with Gasteiger partial charge in [-0.2, -0.15) is 0 Å². The summed E-state index contributed by atoms with van der Waals surface area (Å²) in [6.45, 7) is 17.7. The first-order chi connectivity index (χ1) is 22.5. The third-order valence-electron chi connectivity index (χ3n) is 5.91. The molecule has 13 nitrogen and oxygen atoms in total. The summed E-state index contributed by atoms with van der Waals surface area (Å²) < 4.78 is 30.2. The summed E-state index contributed by atoms with van der Waals surface area (Å²) in [5.74, 6) is 0.428. The third-order valence-corrected chi connectivity index (χ3v) is 5.91.